The van der Waals surface area contributed by atoms with Gasteiger partial charge in [-0.25, -0.2) is 4.57 Å². The van der Waals surface area contributed by atoms with Crippen molar-refractivity contribution in [3.63, 3.8) is 0 Å². The number of hydrogen-bond acceptors (Lipinski definition) is 0. The average molecular weight is 124 g/mol. The van der Waals surface area contributed by atoms with Crippen LogP contribution >= 0.6 is 0 Å². The van der Waals surface area contributed by atoms with Gasteiger partial charge in [0.2, 0.25) is 0 Å². The molecule has 1 rings (SSSR count). The molecule has 0 aliphatic heterocycles. The van der Waals surface area contributed by atoms with Crippen molar-refractivity contribution in [3.8, 4) is 0 Å². The van der Waals surface area contributed by atoms with Crippen LogP contribution in [0.2, 0.25) is 0 Å². The Bertz CT molecular complexity index is 146. The Morgan fingerprint density at radius 3 is 2.00 bits per heavy atom. The summed E-state index contributed by atoms with van der Waals surface area (Å²) in [5.74, 6) is 0. The zero-order valence-corrected chi connectivity index (χ0v) is 5.04. The molecule has 0 N–H and O–H groups in total. The molecule has 0 fully saturated rings. The molecule has 0 aliphatic rings. The molecule has 1 heteroatoms. The fraction of sp³-hybridized carbons (Fsp3) is 0.375. The van der Waals surface area contributed by atoms with E-state index in [9.17, 15) is 0 Å². The summed E-state index contributed by atoms with van der Waals surface area (Å²) in [6, 6.07) is 6.08. The highest BCUT2D eigenvalue weighted by Gasteiger charge is 1.86. The van der Waals surface area contributed by atoms with Crippen molar-refractivity contribution in [1.82, 2.24) is 0 Å². The van der Waals surface area contributed by atoms with Crippen LogP contribution in [0.15, 0.2) is 30.6 Å². The topological polar surface area (TPSA) is 3.88 Å². The summed E-state index contributed by atoms with van der Waals surface area (Å²) in [6.07, 6.45) is 4.11. The minimum atomic E-state index is 0. The van der Waals surface area contributed by atoms with E-state index in [2.05, 4.69) is 23.9 Å². The zero-order valence-electron chi connectivity index (χ0n) is 5.04. The van der Waals surface area contributed by atoms with Crippen LogP contribution in [0.25, 0.3) is 0 Å². The fourth-order valence-corrected chi connectivity index (χ4v) is 0.645. The molecule has 1 heterocycles. The van der Waals surface area contributed by atoms with Crippen molar-refractivity contribution in [1.29, 1.82) is 0 Å². The Labute approximate surface area is 57.0 Å². The highest BCUT2D eigenvalue weighted by molar-refractivity contribution is 4.83. The Balaban J connectivity index is 0.000000640. The number of pyridine rings is 1. The monoisotopic (exact) mass is 124 g/mol. The minimum Gasteiger partial charge on any atom is -0.205 e. The maximum absolute atomic E-state index is 2.12. The Morgan fingerprint density at radius 1 is 1.11 bits per heavy atom. The van der Waals surface area contributed by atoms with Crippen LogP contribution in [0.1, 0.15) is 14.4 Å². The molecule has 50 valence electrons. The SMILES string of the molecule is C.CC[n+]1ccccc1. The van der Waals surface area contributed by atoms with E-state index in [0.717, 1.165) is 6.54 Å². The molecule has 0 amide bonds. The van der Waals surface area contributed by atoms with Crippen LogP contribution in [0.5, 0.6) is 0 Å². The predicted molar refractivity (Wildman–Crippen MR) is 39.0 cm³/mol. The second-order valence-electron chi connectivity index (χ2n) is 1.71. The maximum Gasteiger partial charge on any atom is 0.168 e. The highest BCUT2D eigenvalue weighted by atomic mass is 14.9. The number of hydrogen-bond donors (Lipinski definition) is 0. The summed E-state index contributed by atoms with van der Waals surface area (Å²) in [5, 5.41) is 0. The number of nitrogens with zero attached hydrogens (tertiary/aromatic N) is 1. The lowest BCUT2D eigenvalue weighted by Gasteiger charge is -1.84. The van der Waals surface area contributed by atoms with Gasteiger partial charge in [-0.2, -0.15) is 0 Å². The van der Waals surface area contributed by atoms with Crippen molar-refractivity contribution in [2.24, 2.45) is 0 Å². The lowest BCUT2D eigenvalue weighted by Crippen LogP contribution is -2.30. The molecule has 0 aliphatic carbocycles. The molecule has 1 aromatic rings. The molecule has 1 aromatic heterocycles. The lowest BCUT2D eigenvalue weighted by molar-refractivity contribution is -0.693. The van der Waals surface area contributed by atoms with Crippen molar-refractivity contribution in [2.45, 2.75) is 20.9 Å². The molecular weight excluding hydrogens is 110 g/mol. The second-order valence-corrected chi connectivity index (χ2v) is 1.71. The van der Waals surface area contributed by atoms with E-state index in [1.165, 1.54) is 0 Å². The Hall–Kier alpha value is -0.850. The number of rotatable bonds is 1. The van der Waals surface area contributed by atoms with Crippen molar-refractivity contribution < 1.29 is 4.57 Å². The maximum atomic E-state index is 2.12. The van der Waals surface area contributed by atoms with E-state index in [1.54, 1.807) is 0 Å². The van der Waals surface area contributed by atoms with E-state index in [4.69, 9.17) is 0 Å². The van der Waals surface area contributed by atoms with E-state index in [1.807, 2.05) is 18.2 Å². The minimum absolute atomic E-state index is 0. The van der Waals surface area contributed by atoms with Crippen LogP contribution in [-0.4, -0.2) is 0 Å². The first kappa shape index (κ1) is 8.15. The van der Waals surface area contributed by atoms with Gasteiger partial charge >= 0.3 is 0 Å². The van der Waals surface area contributed by atoms with Crippen molar-refractivity contribution in [2.75, 3.05) is 0 Å². The molecule has 0 aromatic carbocycles. The number of aryl methyl sites for hydroxylation is 1. The molecule has 0 bridgehead atoms. The first-order chi connectivity index (χ1) is 3.93. The zero-order chi connectivity index (χ0) is 5.82. The fourth-order valence-electron chi connectivity index (χ4n) is 0.645. The summed E-state index contributed by atoms with van der Waals surface area (Å²) in [5.41, 5.74) is 0. The summed E-state index contributed by atoms with van der Waals surface area (Å²) < 4.78 is 2.12. The van der Waals surface area contributed by atoms with Gasteiger partial charge in [-0.1, -0.05) is 13.5 Å². The average Bonchev–Trinajstić information content (AvgIpc) is 1.90. The summed E-state index contributed by atoms with van der Waals surface area (Å²) in [7, 11) is 0. The largest absolute Gasteiger partial charge is 0.205 e. The molecule has 1 nitrogen and oxygen atoms in total. The van der Waals surface area contributed by atoms with E-state index in [-0.39, 0.29) is 7.43 Å². The van der Waals surface area contributed by atoms with Crippen LogP contribution in [0.3, 0.4) is 0 Å². The van der Waals surface area contributed by atoms with Gasteiger partial charge in [-0.05, 0) is 6.92 Å². The van der Waals surface area contributed by atoms with Crippen LogP contribution < -0.4 is 4.57 Å². The third-order valence-corrected chi connectivity index (χ3v) is 1.14. The number of aromatic nitrogens is 1. The van der Waals surface area contributed by atoms with E-state index < -0.39 is 0 Å². The molecule has 0 radical (unpaired) electrons. The standard InChI is InChI=1S/C7H10N.CH4/c1-2-8-6-4-3-5-7-8;/h3-7H,2H2,1H3;1H4/q+1;. The van der Waals surface area contributed by atoms with E-state index in [0.29, 0.717) is 0 Å². The first-order valence-electron chi connectivity index (χ1n) is 2.87. The van der Waals surface area contributed by atoms with Gasteiger partial charge in [-0.3, -0.25) is 0 Å². The molecule has 0 spiro atoms. The molecule has 0 saturated heterocycles. The van der Waals surface area contributed by atoms with Gasteiger partial charge in [0.05, 0.1) is 0 Å². The third-order valence-electron chi connectivity index (χ3n) is 1.14. The Morgan fingerprint density at radius 2 is 1.67 bits per heavy atom. The smallest absolute Gasteiger partial charge is 0.168 e. The lowest BCUT2D eigenvalue weighted by atomic mass is 10.5. The second kappa shape index (κ2) is 4.07. The molecule has 0 atom stereocenters. The highest BCUT2D eigenvalue weighted by Crippen LogP contribution is 1.74. The summed E-state index contributed by atoms with van der Waals surface area (Å²) >= 11 is 0. The van der Waals surface area contributed by atoms with E-state index >= 15 is 0 Å². The third kappa shape index (κ3) is 2.27. The van der Waals surface area contributed by atoms with Crippen LogP contribution in [0, 0.1) is 0 Å². The van der Waals surface area contributed by atoms with Gasteiger partial charge in [0.15, 0.2) is 12.4 Å². The van der Waals surface area contributed by atoms with Crippen LogP contribution in [0.4, 0.5) is 0 Å². The van der Waals surface area contributed by atoms with Gasteiger partial charge in [-0.15, -0.1) is 0 Å². The molecule has 0 saturated carbocycles. The summed E-state index contributed by atoms with van der Waals surface area (Å²) in [6.45, 7) is 3.18. The summed E-state index contributed by atoms with van der Waals surface area (Å²) in [4.78, 5) is 0. The van der Waals surface area contributed by atoms with Gasteiger partial charge in [0.1, 0.15) is 6.54 Å². The molecular formula is C8H14N+. The van der Waals surface area contributed by atoms with Gasteiger partial charge in [0.25, 0.3) is 0 Å². The predicted octanol–water partition coefficient (Wildman–Crippen LogP) is 1.63. The quantitative estimate of drug-likeness (QED) is 0.501. The van der Waals surface area contributed by atoms with Crippen LogP contribution in [-0.2, 0) is 6.54 Å². The normalized spacial score (nSPS) is 8.11. The Kier molecular flexibility index (Phi) is 3.69. The van der Waals surface area contributed by atoms with Crippen molar-refractivity contribution >= 4 is 0 Å². The van der Waals surface area contributed by atoms with Gasteiger partial charge in [0, 0.05) is 12.1 Å². The molecule has 0 unspecified atom stereocenters. The van der Waals surface area contributed by atoms with Gasteiger partial charge < -0.3 is 0 Å². The first-order valence-corrected chi connectivity index (χ1v) is 2.87. The molecule has 9 heavy (non-hydrogen) atoms. The van der Waals surface area contributed by atoms with Crippen molar-refractivity contribution in [3.05, 3.63) is 30.6 Å².